The summed E-state index contributed by atoms with van der Waals surface area (Å²) in [6.07, 6.45) is 1.50. The van der Waals surface area contributed by atoms with Crippen molar-refractivity contribution >= 4 is 5.78 Å². The molecule has 2 heterocycles. The van der Waals surface area contributed by atoms with Gasteiger partial charge in [-0.1, -0.05) is 50.2 Å². The number of ketones is 1. The lowest BCUT2D eigenvalue weighted by atomic mass is 10.1. The highest BCUT2D eigenvalue weighted by atomic mass is 16.5. The molecule has 1 aromatic heterocycles. The van der Waals surface area contributed by atoms with Crippen LogP contribution < -0.4 is 4.74 Å². The molecule has 1 aliphatic heterocycles. The first-order valence-electron chi connectivity index (χ1n) is 12.9. The van der Waals surface area contributed by atoms with E-state index in [2.05, 4.69) is 56.9 Å². The molecule has 0 amide bonds. The summed E-state index contributed by atoms with van der Waals surface area (Å²) >= 11 is 0. The number of benzene rings is 2. The zero-order chi connectivity index (χ0) is 25.7. The van der Waals surface area contributed by atoms with Crippen LogP contribution in [0.2, 0.25) is 0 Å². The van der Waals surface area contributed by atoms with Crippen molar-refractivity contribution in [2.45, 2.75) is 59.2 Å². The molecule has 2 atom stereocenters. The van der Waals surface area contributed by atoms with Crippen molar-refractivity contribution in [1.82, 2.24) is 19.7 Å². The number of hydrogen-bond acceptors (Lipinski definition) is 6. The first kappa shape index (κ1) is 26.0. The van der Waals surface area contributed by atoms with Crippen LogP contribution in [0.3, 0.4) is 0 Å². The third kappa shape index (κ3) is 6.39. The van der Waals surface area contributed by atoms with Crippen molar-refractivity contribution in [2.24, 2.45) is 5.92 Å². The Kier molecular flexibility index (Phi) is 8.54. The fraction of sp³-hybridized carbons (Fsp3) is 0.483. The van der Waals surface area contributed by atoms with E-state index < -0.39 is 0 Å². The maximum absolute atomic E-state index is 12.6. The summed E-state index contributed by atoms with van der Waals surface area (Å²) in [4.78, 5) is 20.0. The molecule has 0 radical (unpaired) electrons. The van der Waals surface area contributed by atoms with Gasteiger partial charge in [-0.2, -0.15) is 0 Å². The monoisotopic (exact) mass is 490 g/mol. The Bertz CT molecular complexity index is 1150. The second-order valence-corrected chi connectivity index (χ2v) is 10.2. The summed E-state index contributed by atoms with van der Waals surface area (Å²) in [6.45, 7) is 11.4. The lowest BCUT2D eigenvalue weighted by Gasteiger charge is -2.38. The highest BCUT2D eigenvalue weighted by molar-refractivity contribution is 5.79. The Morgan fingerprint density at radius 3 is 2.47 bits per heavy atom. The molecule has 192 valence electrons. The first-order chi connectivity index (χ1) is 17.3. The largest absolute Gasteiger partial charge is 0.497 e. The van der Waals surface area contributed by atoms with Crippen LogP contribution in [0.5, 0.6) is 5.75 Å². The van der Waals surface area contributed by atoms with Crippen molar-refractivity contribution in [1.29, 1.82) is 0 Å². The Balaban J connectivity index is 1.55. The van der Waals surface area contributed by atoms with Gasteiger partial charge in [0.1, 0.15) is 12.3 Å². The minimum atomic E-state index is 0.146. The lowest BCUT2D eigenvalue weighted by Crippen LogP contribution is -2.50. The van der Waals surface area contributed by atoms with Gasteiger partial charge in [-0.3, -0.25) is 9.69 Å². The molecule has 1 aliphatic rings. The quantitative estimate of drug-likeness (QED) is 0.403. The van der Waals surface area contributed by atoms with Crippen LogP contribution in [0.15, 0.2) is 48.5 Å². The van der Waals surface area contributed by atoms with E-state index in [-0.39, 0.29) is 12.3 Å². The Hall–Kier alpha value is -3.03. The number of morpholine rings is 1. The summed E-state index contributed by atoms with van der Waals surface area (Å²) in [6, 6.07) is 17.1. The lowest BCUT2D eigenvalue weighted by molar-refractivity contribution is -0.120. The van der Waals surface area contributed by atoms with Crippen LogP contribution in [0.1, 0.15) is 39.7 Å². The minimum absolute atomic E-state index is 0.146. The molecule has 0 aliphatic carbocycles. The minimum Gasteiger partial charge on any atom is -0.497 e. The summed E-state index contributed by atoms with van der Waals surface area (Å²) in [5.41, 5.74) is 3.09. The average molecular weight is 491 g/mol. The van der Waals surface area contributed by atoms with Gasteiger partial charge in [0.25, 0.3) is 0 Å². The maximum atomic E-state index is 12.6. The molecule has 0 saturated carbocycles. The summed E-state index contributed by atoms with van der Waals surface area (Å²) in [5, 5.41) is 4.75. The number of methoxy groups -OCH3 is 1. The predicted molar refractivity (Wildman–Crippen MR) is 142 cm³/mol. The molecule has 3 aromatic rings. The topological polar surface area (TPSA) is 69.5 Å². The van der Waals surface area contributed by atoms with Crippen LogP contribution in [-0.4, -0.2) is 64.4 Å². The van der Waals surface area contributed by atoms with E-state index in [0.717, 1.165) is 43.1 Å². The van der Waals surface area contributed by atoms with E-state index in [9.17, 15) is 4.79 Å². The molecule has 7 nitrogen and oxygen atoms in total. The number of Topliss-reactive ketones (excluding diaryl/α,β-unsaturated/α-hetero) is 1. The number of ether oxygens (including phenoxy) is 2. The Morgan fingerprint density at radius 2 is 1.81 bits per heavy atom. The van der Waals surface area contributed by atoms with Crippen LogP contribution in [-0.2, 0) is 22.5 Å². The number of carbonyl (C=O) groups excluding carboxylic acids is 1. The van der Waals surface area contributed by atoms with E-state index in [1.807, 2.05) is 24.3 Å². The normalized spacial score (nSPS) is 18.5. The van der Waals surface area contributed by atoms with Gasteiger partial charge in [-0.15, -0.1) is 5.10 Å². The molecule has 2 aromatic carbocycles. The molecule has 4 rings (SSSR count). The van der Waals surface area contributed by atoms with Crippen LogP contribution >= 0.6 is 0 Å². The first-order valence-corrected chi connectivity index (χ1v) is 12.9. The molecule has 0 N–H and O–H groups in total. The molecule has 1 saturated heterocycles. The van der Waals surface area contributed by atoms with Crippen LogP contribution in [0.4, 0.5) is 0 Å². The molecular formula is C29H38N4O3. The van der Waals surface area contributed by atoms with Crippen molar-refractivity contribution < 1.29 is 14.3 Å². The average Bonchev–Trinajstić information content (AvgIpc) is 3.27. The van der Waals surface area contributed by atoms with E-state index in [1.54, 1.807) is 11.8 Å². The van der Waals surface area contributed by atoms with E-state index in [1.165, 1.54) is 5.56 Å². The third-order valence-electron chi connectivity index (χ3n) is 6.68. The van der Waals surface area contributed by atoms with Crippen molar-refractivity contribution in [3.63, 3.8) is 0 Å². The zero-order valence-electron chi connectivity index (χ0n) is 22.1. The second-order valence-electron chi connectivity index (χ2n) is 10.2. The van der Waals surface area contributed by atoms with Gasteiger partial charge in [0.15, 0.2) is 17.4 Å². The smallest absolute Gasteiger partial charge is 0.181 e. The SMILES string of the molecule is COc1cccc(-c2nc(-c3ccc(CCN4C(C)COCC4C)cc3)nn2CC(=O)CC(C)C)c1. The van der Waals surface area contributed by atoms with Gasteiger partial charge in [0.05, 0.1) is 20.3 Å². The van der Waals surface area contributed by atoms with Crippen LogP contribution in [0.25, 0.3) is 22.8 Å². The van der Waals surface area contributed by atoms with Gasteiger partial charge in [0.2, 0.25) is 0 Å². The van der Waals surface area contributed by atoms with Crippen molar-refractivity contribution in [2.75, 3.05) is 26.9 Å². The molecule has 2 unspecified atom stereocenters. The molecule has 36 heavy (non-hydrogen) atoms. The number of aromatic nitrogens is 3. The summed E-state index contributed by atoms with van der Waals surface area (Å²) in [5.74, 6) is 2.47. The fourth-order valence-corrected chi connectivity index (χ4v) is 4.79. The predicted octanol–water partition coefficient (Wildman–Crippen LogP) is 4.89. The standard InChI is InChI=1S/C29H38N4O3/c1-20(2)15-26(34)17-33-29(25-7-6-8-27(16-25)35-5)30-28(31-33)24-11-9-23(10-12-24)13-14-32-21(3)18-36-19-22(32)4/h6-12,16,20-22H,13-15,17-19H2,1-5H3. The number of rotatable bonds is 10. The second kappa shape index (κ2) is 11.8. The molecule has 1 fully saturated rings. The van der Waals surface area contributed by atoms with Gasteiger partial charge >= 0.3 is 0 Å². The molecule has 0 bridgehead atoms. The van der Waals surface area contributed by atoms with E-state index in [0.29, 0.717) is 36.1 Å². The highest BCUT2D eigenvalue weighted by Gasteiger charge is 2.24. The van der Waals surface area contributed by atoms with Crippen LogP contribution in [0, 0.1) is 5.92 Å². The van der Waals surface area contributed by atoms with Crippen molar-refractivity contribution in [3.8, 4) is 28.5 Å². The number of carbonyl (C=O) groups is 1. The Labute approximate surface area is 214 Å². The maximum Gasteiger partial charge on any atom is 0.181 e. The van der Waals surface area contributed by atoms with Gasteiger partial charge in [-0.25, -0.2) is 9.67 Å². The fourth-order valence-electron chi connectivity index (χ4n) is 4.79. The van der Waals surface area contributed by atoms with Crippen molar-refractivity contribution in [3.05, 3.63) is 54.1 Å². The van der Waals surface area contributed by atoms with Gasteiger partial charge < -0.3 is 9.47 Å². The number of hydrogen-bond donors (Lipinski definition) is 0. The van der Waals surface area contributed by atoms with E-state index >= 15 is 0 Å². The highest BCUT2D eigenvalue weighted by Crippen LogP contribution is 2.26. The molecule has 7 heteroatoms. The third-order valence-corrected chi connectivity index (χ3v) is 6.68. The van der Waals surface area contributed by atoms with Gasteiger partial charge in [0, 0.05) is 36.2 Å². The summed E-state index contributed by atoms with van der Waals surface area (Å²) in [7, 11) is 1.64. The molecule has 0 spiro atoms. The number of nitrogens with zero attached hydrogens (tertiary/aromatic N) is 4. The van der Waals surface area contributed by atoms with Gasteiger partial charge in [-0.05, 0) is 43.9 Å². The summed E-state index contributed by atoms with van der Waals surface area (Å²) < 4.78 is 12.8. The Morgan fingerprint density at radius 1 is 1.08 bits per heavy atom. The zero-order valence-corrected chi connectivity index (χ0v) is 22.1. The molecular weight excluding hydrogens is 452 g/mol. The van der Waals surface area contributed by atoms with E-state index in [4.69, 9.17) is 19.6 Å².